The first-order valence-corrected chi connectivity index (χ1v) is 6.93. The lowest BCUT2D eigenvalue weighted by molar-refractivity contribution is 0.145. The maximum Gasteiger partial charge on any atom is 0.317 e. The van der Waals surface area contributed by atoms with Gasteiger partial charge in [0.1, 0.15) is 0 Å². The summed E-state index contributed by atoms with van der Waals surface area (Å²) in [5, 5.41) is 2.97. The molecule has 2 amide bonds. The molecule has 104 valence electrons. The second-order valence-corrected chi connectivity index (χ2v) is 6.20. The van der Waals surface area contributed by atoms with Crippen LogP contribution in [0.3, 0.4) is 0 Å². The summed E-state index contributed by atoms with van der Waals surface area (Å²) >= 11 is 0. The van der Waals surface area contributed by atoms with Gasteiger partial charge in [0, 0.05) is 18.8 Å². The van der Waals surface area contributed by atoms with E-state index < -0.39 is 0 Å². The van der Waals surface area contributed by atoms with Crippen molar-refractivity contribution >= 4 is 6.03 Å². The summed E-state index contributed by atoms with van der Waals surface area (Å²) in [6, 6.07) is 6.09. The molecule has 2 rings (SSSR count). The van der Waals surface area contributed by atoms with Crippen molar-refractivity contribution in [3.63, 3.8) is 0 Å². The Morgan fingerprint density at radius 2 is 2.26 bits per heavy atom. The Hall–Kier alpha value is -1.58. The first-order chi connectivity index (χ1) is 8.98. The van der Waals surface area contributed by atoms with E-state index in [0.717, 1.165) is 25.1 Å². The summed E-state index contributed by atoms with van der Waals surface area (Å²) < 4.78 is 0. The normalized spacial score (nSPS) is 19.5. The number of likely N-dealkylation sites (tertiary alicyclic amines) is 1. The van der Waals surface area contributed by atoms with Gasteiger partial charge in [0.15, 0.2) is 0 Å². The van der Waals surface area contributed by atoms with E-state index >= 15 is 0 Å². The maximum absolute atomic E-state index is 12.3. The summed E-state index contributed by atoms with van der Waals surface area (Å²) in [5.41, 5.74) is 1.03. The molecule has 0 saturated carbocycles. The average molecular weight is 261 g/mol. The van der Waals surface area contributed by atoms with Gasteiger partial charge in [-0.2, -0.15) is 0 Å². The van der Waals surface area contributed by atoms with Gasteiger partial charge < -0.3 is 10.2 Å². The zero-order valence-electron chi connectivity index (χ0n) is 12.0. The summed E-state index contributed by atoms with van der Waals surface area (Å²) in [6.07, 6.45) is 3.94. The van der Waals surface area contributed by atoms with E-state index in [1.54, 1.807) is 6.20 Å². The van der Waals surface area contributed by atoms with Crippen molar-refractivity contribution in [2.75, 3.05) is 6.54 Å². The van der Waals surface area contributed by atoms with Crippen LogP contribution in [0.15, 0.2) is 24.4 Å². The fraction of sp³-hybridized carbons (Fsp3) is 0.600. The third-order valence-electron chi connectivity index (χ3n) is 3.66. The van der Waals surface area contributed by atoms with Crippen molar-refractivity contribution < 1.29 is 4.79 Å². The van der Waals surface area contributed by atoms with Gasteiger partial charge in [0.05, 0.1) is 12.2 Å². The van der Waals surface area contributed by atoms with Crippen LogP contribution >= 0.6 is 0 Å². The fourth-order valence-electron chi connectivity index (χ4n) is 2.68. The highest BCUT2D eigenvalue weighted by molar-refractivity contribution is 5.74. The topological polar surface area (TPSA) is 45.2 Å². The molecular formula is C15H23N3O. The van der Waals surface area contributed by atoms with Crippen LogP contribution in [-0.2, 0) is 6.54 Å². The van der Waals surface area contributed by atoms with E-state index in [-0.39, 0.29) is 11.4 Å². The Bertz CT molecular complexity index is 425. The molecule has 0 spiro atoms. The zero-order valence-corrected chi connectivity index (χ0v) is 12.0. The van der Waals surface area contributed by atoms with Crippen molar-refractivity contribution in [2.24, 2.45) is 5.41 Å². The highest BCUT2D eigenvalue weighted by Gasteiger charge is 2.36. The van der Waals surface area contributed by atoms with E-state index in [0.29, 0.717) is 12.6 Å². The van der Waals surface area contributed by atoms with Crippen molar-refractivity contribution in [3.05, 3.63) is 30.1 Å². The van der Waals surface area contributed by atoms with Crippen LogP contribution in [0.5, 0.6) is 0 Å². The number of nitrogens with one attached hydrogen (secondary N) is 1. The molecular weight excluding hydrogens is 238 g/mol. The first kappa shape index (κ1) is 13.8. The molecule has 0 radical (unpaired) electrons. The van der Waals surface area contributed by atoms with Gasteiger partial charge >= 0.3 is 6.03 Å². The Kier molecular flexibility index (Phi) is 4.08. The molecule has 0 aliphatic carbocycles. The van der Waals surface area contributed by atoms with E-state index in [1.807, 2.05) is 23.1 Å². The molecule has 1 atom stereocenters. The molecule has 2 heterocycles. The van der Waals surface area contributed by atoms with Crippen LogP contribution in [0.1, 0.15) is 39.3 Å². The lowest BCUT2D eigenvalue weighted by atomic mass is 9.85. The summed E-state index contributed by atoms with van der Waals surface area (Å²) in [6.45, 7) is 7.94. The van der Waals surface area contributed by atoms with Crippen LogP contribution < -0.4 is 5.32 Å². The maximum atomic E-state index is 12.3. The van der Waals surface area contributed by atoms with E-state index in [4.69, 9.17) is 0 Å². The minimum Gasteiger partial charge on any atom is -0.332 e. The quantitative estimate of drug-likeness (QED) is 0.889. The smallest absolute Gasteiger partial charge is 0.317 e. The molecule has 1 aromatic heterocycles. The largest absolute Gasteiger partial charge is 0.332 e. The Morgan fingerprint density at radius 3 is 2.89 bits per heavy atom. The Morgan fingerprint density at radius 1 is 1.47 bits per heavy atom. The minimum atomic E-state index is 0.0306. The Balaban J connectivity index is 1.93. The third kappa shape index (κ3) is 3.46. The average Bonchev–Trinajstić information content (AvgIpc) is 2.86. The molecule has 19 heavy (non-hydrogen) atoms. The molecule has 0 aromatic carbocycles. The number of hydrogen-bond donors (Lipinski definition) is 1. The summed E-state index contributed by atoms with van der Waals surface area (Å²) in [5.74, 6) is 0. The number of rotatable bonds is 2. The van der Waals surface area contributed by atoms with Gasteiger partial charge in [-0.15, -0.1) is 0 Å². The van der Waals surface area contributed by atoms with Gasteiger partial charge in [-0.3, -0.25) is 4.98 Å². The molecule has 1 fully saturated rings. The van der Waals surface area contributed by atoms with Crippen LogP contribution in [0.25, 0.3) is 0 Å². The minimum absolute atomic E-state index is 0.0306. The summed E-state index contributed by atoms with van der Waals surface area (Å²) in [7, 11) is 0. The van der Waals surface area contributed by atoms with Gasteiger partial charge in [-0.25, -0.2) is 4.79 Å². The number of carbonyl (C=O) groups is 1. The van der Waals surface area contributed by atoms with Crippen molar-refractivity contribution in [1.29, 1.82) is 0 Å². The number of hydrogen-bond acceptors (Lipinski definition) is 2. The van der Waals surface area contributed by atoms with Crippen LogP contribution in [0, 0.1) is 5.41 Å². The predicted molar refractivity (Wildman–Crippen MR) is 75.7 cm³/mol. The second kappa shape index (κ2) is 5.59. The standard InChI is InChI=1S/C15H23N3O/c1-15(2,3)13-8-6-10-18(13)14(19)17-11-12-7-4-5-9-16-12/h4-5,7,9,13H,6,8,10-11H2,1-3H3,(H,17,19). The van der Waals surface area contributed by atoms with Crippen molar-refractivity contribution in [1.82, 2.24) is 15.2 Å². The number of nitrogens with zero attached hydrogens (tertiary/aromatic N) is 2. The van der Waals surface area contributed by atoms with Gasteiger partial charge in [-0.05, 0) is 30.4 Å². The van der Waals surface area contributed by atoms with E-state index in [2.05, 4.69) is 31.1 Å². The number of urea groups is 1. The van der Waals surface area contributed by atoms with Gasteiger partial charge in [0.25, 0.3) is 0 Å². The molecule has 1 saturated heterocycles. The van der Waals surface area contributed by atoms with Gasteiger partial charge in [0.2, 0.25) is 0 Å². The lowest BCUT2D eigenvalue weighted by Crippen LogP contribution is -2.47. The molecule has 1 aliphatic heterocycles. The molecule has 1 aliphatic rings. The SMILES string of the molecule is CC(C)(C)C1CCCN1C(=O)NCc1ccccn1. The predicted octanol–water partition coefficient (Wildman–Crippen LogP) is 2.80. The monoisotopic (exact) mass is 261 g/mol. The number of carbonyl (C=O) groups excluding carboxylic acids is 1. The first-order valence-electron chi connectivity index (χ1n) is 6.93. The van der Waals surface area contributed by atoms with E-state index in [1.165, 1.54) is 0 Å². The number of aromatic nitrogens is 1. The zero-order chi connectivity index (χ0) is 13.9. The molecule has 1 unspecified atom stereocenters. The molecule has 4 heteroatoms. The lowest BCUT2D eigenvalue weighted by Gasteiger charge is -2.35. The van der Waals surface area contributed by atoms with Crippen molar-refractivity contribution in [2.45, 2.75) is 46.2 Å². The number of amides is 2. The van der Waals surface area contributed by atoms with Gasteiger partial charge in [-0.1, -0.05) is 26.8 Å². The molecule has 1 aromatic rings. The third-order valence-corrected chi connectivity index (χ3v) is 3.66. The fourth-order valence-corrected chi connectivity index (χ4v) is 2.68. The van der Waals surface area contributed by atoms with Crippen molar-refractivity contribution in [3.8, 4) is 0 Å². The highest BCUT2D eigenvalue weighted by Crippen LogP contribution is 2.32. The van der Waals surface area contributed by atoms with E-state index in [9.17, 15) is 4.79 Å². The number of pyridine rings is 1. The Labute approximate surface area is 115 Å². The van der Waals surface area contributed by atoms with Crippen LogP contribution in [-0.4, -0.2) is 28.5 Å². The highest BCUT2D eigenvalue weighted by atomic mass is 16.2. The van der Waals surface area contributed by atoms with Crippen LogP contribution in [0.4, 0.5) is 4.79 Å². The molecule has 4 nitrogen and oxygen atoms in total. The van der Waals surface area contributed by atoms with Crippen LogP contribution in [0.2, 0.25) is 0 Å². The molecule has 0 bridgehead atoms. The summed E-state index contributed by atoms with van der Waals surface area (Å²) in [4.78, 5) is 18.4. The second-order valence-electron chi connectivity index (χ2n) is 6.20. The molecule has 1 N–H and O–H groups in total.